The first-order chi connectivity index (χ1) is 9.58. The minimum absolute atomic E-state index is 0.197. The Morgan fingerprint density at radius 2 is 1.86 bits per heavy atom. The Labute approximate surface area is 124 Å². The first-order valence-corrected chi connectivity index (χ1v) is 8.16. The Hall–Kier alpha value is -1.20. The van der Waals surface area contributed by atoms with E-state index in [1.165, 1.54) is 0 Å². The van der Waals surface area contributed by atoms with Crippen LogP contribution in [0.4, 0.5) is 0 Å². The number of rotatable bonds is 6. The van der Waals surface area contributed by atoms with Crippen LogP contribution < -0.4 is 5.32 Å². The van der Waals surface area contributed by atoms with Crippen molar-refractivity contribution in [2.45, 2.75) is 33.2 Å². The normalized spacial score (nSPS) is 13.8. The molecule has 1 amide bonds. The summed E-state index contributed by atoms with van der Waals surface area (Å²) in [4.78, 5) is 29.6. The third kappa shape index (κ3) is 7.39. The lowest BCUT2D eigenvalue weighted by Crippen LogP contribution is -2.44. The number of phosphoric ester groups is 1. The number of carbonyl (C=O) groups is 1. The van der Waals surface area contributed by atoms with E-state index in [9.17, 15) is 9.36 Å². The van der Waals surface area contributed by atoms with Crippen LogP contribution in [0, 0.1) is 5.41 Å². The first kappa shape index (κ1) is 17.9. The van der Waals surface area contributed by atoms with E-state index in [-0.39, 0.29) is 12.5 Å². The summed E-state index contributed by atoms with van der Waals surface area (Å²) in [6.07, 6.45) is 0.433. The lowest BCUT2D eigenvalue weighted by atomic mass is 9.94. The van der Waals surface area contributed by atoms with E-state index in [1.807, 2.05) is 30.3 Å². The molecule has 1 rings (SSSR count). The predicted molar refractivity (Wildman–Crippen MR) is 79.5 cm³/mol. The molecule has 1 atom stereocenters. The van der Waals surface area contributed by atoms with Crippen molar-refractivity contribution >= 4 is 13.7 Å². The van der Waals surface area contributed by atoms with Crippen LogP contribution in [0.25, 0.3) is 0 Å². The Balaban J connectivity index is 2.75. The molecule has 6 nitrogen and oxygen atoms in total. The number of benzene rings is 1. The third-order valence-corrected chi connectivity index (χ3v) is 3.27. The monoisotopic (exact) mass is 315 g/mol. The highest BCUT2D eigenvalue weighted by Gasteiger charge is 2.26. The molecule has 0 heterocycles. The minimum atomic E-state index is -4.56. The van der Waals surface area contributed by atoms with E-state index in [4.69, 9.17) is 9.79 Å². The summed E-state index contributed by atoms with van der Waals surface area (Å²) in [6.45, 7) is 5.06. The molecule has 0 spiro atoms. The van der Waals surface area contributed by atoms with Gasteiger partial charge in [-0.15, -0.1) is 0 Å². The largest absolute Gasteiger partial charge is 0.469 e. The average Bonchev–Trinajstić information content (AvgIpc) is 2.35. The minimum Gasteiger partial charge on any atom is -0.350 e. The second kappa shape index (κ2) is 7.18. The van der Waals surface area contributed by atoms with Crippen molar-refractivity contribution in [3.8, 4) is 0 Å². The van der Waals surface area contributed by atoms with Crippen LogP contribution in [-0.4, -0.2) is 28.3 Å². The van der Waals surface area contributed by atoms with Crippen LogP contribution in [0.15, 0.2) is 30.3 Å². The van der Waals surface area contributed by atoms with Crippen molar-refractivity contribution in [1.29, 1.82) is 0 Å². The van der Waals surface area contributed by atoms with E-state index in [2.05, 4.69) is 9.84 Å². The van der Waals surface area contributed by atoms with E-state index in [1.54, 1.807) is 20.8 Å². The molecule has 0 aliphatic heterocycles. The van der Waals surface area contributed by atoms with Crippen molar-refractivity contribution < 1.29 is 23.7 Å². The summed E-state index contributed by atoms with van der Waals surface area (Å²) >= 11 is 0. The lowest BCUT2D eigenvalue weighted by molar-refractivity contribution is -0.129. The number of nitrogens with one attached hydrogen (secondary N) is 1. The highest BCUT2D eigenvalue weighted by atomic mass is 31.2. The maximum Gasteiger partial charge on any atom is 0.469 e. The highest BCUT2D eigenvalue weighted by Crippen LogP contribution is 2.35. The molecule has 0 aromatic heterocycles. The predicted octanol–water partition coefficient (Wildman–Crippen LogP) is 1.87. The van der Waals surface area contributed by atoms with Gasteiger partial charge in [-0.05, 0) is 12.0 Å². The topological polar surface area (TPSA) is 95.9 Å². The van der Waals surface area contributed by atoms with Gasteiger partial charge in [-0.3, -0.25) is 9.32 Å². The van der Waals surface area contributed by atoms with Crippen molar-refractivity contribution in [2.75, 3.05) is 6.61 Å². The number of carbonyl (C=O) groups excluding carboxylic acids is 1. The van der Waals surface area contributed by atoms with Crippen LogP contribution in [-0.2, 0) is 20.3 Å². The molecule has 3 N–H and O–H groups in total. The molecule has 0 aliphatic rings. The molecule has 0 unspecified atom stereocenters. The van der Waals surface area contributed by atoms with Crippen molar-refractivity contribution in [3.63, 3.8) is 0 Å². The second-order valence-electron chi connectivity index (χ2n) is 5.90. The van der Waals surface area contributed by atoms with Gasteiger partial charge in [0.15, 0.2) is 0 Å². The van der Waals surface area contributed by atoms with Gasteiger partial charge in [0, 0.05) is 5.41 Å². The fourth-order valence-corrected chi connectivity index (χ4v) is 2.01. The fraction of sp³-hybridized carbons (Fsp3) is 0.500. The zero-order valence-corrected chi connectivity index (χ0v) is 13.3. The highest BCUT2D eigenvalue weighted by molar-refractivity contribution is 7.46. The van der Waals surface area contributed by atoms with Gasteiger partial charge in [-0.2, -0.15) is 0 Å². The molecule has 118 valence electrons. The molecule has 1 aromatic rings. The SMILES string of the molecule is CC(C)(C)C(=O)N[C@H](COP(=O)(O)O)Cc1ccccc1. The van der Waals surface area contributed by atoms with Gasteiger partial charge >= 0.3 is 7.82 Å². The molecule has 0 radical (unpaired) electrons. The van der Waals surface area contributed by atoms with E-state index in [0.29, 0.717) is 6.42 Å². The molecule has 0 fully saturated rings. The first-order valence-electron chi connectivity index (χ1n) is 6.63. The quantitative estimate of drug-likeness (QED) is 0.697. The van der Waals surface area contributed by atoms with E-state index in [0.717, 1.165) is 5.56 Å². The van der Waals surface area contributed by atoms with Crippen LogP contribution >= 0.6 is 7.82 Å². The second-order valence-corrected chi connectivity index (χ2v) is 7.14. The molecule has 21 heavy (non-hydrogen) atoms. The van der Waals surface area contributed by atoms with Gasteiger partial charge in [0.2, 0.25) is 5.91 Å². The Morgan fingerprint density at radius 3 is 2.33 bits per heavy atom. The molecule has 1 aromatic carbocycles. The molecule has 7 heteroatoms. The number of phosphoric acid groups is 1. The van der Waals surface area contributed by atoms with Gasteiger partial charge in [0.25, 0.3) is 0 Å². The Kier molecular flexibility index (Phi) is 6.10. The van der Waals surface area contributed by atoms with Gasteiger partial charge < -0.3 is 15.1 Å². The Bertz CT molecular complexity index is 506. The maximum absolute atomic E-state index is 12.0. The zero-order chi connectivity index (χ0) is 16.1. The number of amides is 1. The number of hydrogen-bond donors (Lipinski definition) is 3. The summed E-state index contributed by atoms with van der Waals surface area (Å²) in [5.41, 5.74) is 0.364. The fourth-order valence-electron chi connectivity index (χ4n) is 1.64. The molecule has 0 aliphatic carbocycles. The lowest BCUT2D eigenvalue weighted by Gasteiger charge is -2.24. The molecular weight excluding hydrogens is 293 g/mol. The van der Waals surface area contributed by atoms with Gasteiger partial charge in [-0.25, -0.2) is 4.57 Å². The van der Waals surface area contributed by atoms with Gasteiger partial charge in [-0.1, -0.05) is 51.1 Å². The summed E-state index contributed by atoms with van der Waals surface area (Å²) in [5.74, 6) is -0.197. The van der Waals surface area contributed by atoms with Crippen molar-refractivity contribution in [2.24, 2.45) is 5.41 Å². The smallest absolute Gasteiger partial charge is 0.350 e. The molecular formula is C14H22NO5P. The van der Waals surface area contributed by atoms with Gasteiger partial charge in [0.05, 0.1) is 12.6 Å². The standard InChI is InChI=1S/C14H22NO5P/c1-14(2,3)13(16)15-12(10-20-21(17,18)19)9-11-7-5-4-6-8-11/h4-8,12H,9-10H2,1-3H3,(H,15,16)(H2,17,18,19)/t12-/m0/s1. The van der Waals surface area contributed by atoms with Crippen LogP contribution in [0.2, 0.25) is 0 Å². The number of hydrogen-bond acceptors (Lipinski definition) is 3. The van der Waals surface area contributed by atoms with Crippen LogP contribution in [0.5, 0.6) is 0 Å². The average molecular weight is 315 g/mol. The maximum atomic E-state index is 12.0. The van der Waals surface area contributed by atoms with Crippen molar-refractivity contribution in [3.05, 3.63) is 35.9 Å². The van der Waals surface area contributed by atoms with E-state index < -0.39 is 19.3 Å². The zero-order valence-electron chi connectivity index (χ0n) is 12.4. The molecule has 0 saturated carbocycles. The summed E-state index contributed by atoms with van der Waals surface area (Å²) in [6, 6.07) is 8.86. The van der Waals surface area contributed by atoms with Gasteiger partial charge in [0.1, 0.15) is 0 Å². The molecule has 0 saturated heterocycles. The molecule has 0 bridgehead atoms. The summed E-state index contributed by atoms with van der Waals surface area (Å²) in [5, 5.41) is 2.77. The van der Waals surface area contributed by atoms with Crippen LogP contribution in [0.1, 0.15) is 26.3 Å². The Morgan fingerprint density at radius 1 is 1.29 bits per heavy atom. The van der Waals surface area contributed by atoms with E-state index >= 15 is 0 Å². The third-order valence-electron chi connectivity index (χ3n) is 2.79. The summed E-state index contributed by atoms with van der Waals surface area (Å²) in [7, 11) is -4.56. The summed E-state index contributed by atoms with van der Waals surface area (Å²) < 4.78 is 15.4. The van der Waals surface area contributed by atoms with Crippen LogP contribution in [0.3, 0.4) is 0 Å². The van der Waals surface area contributed by atoms with Crippen molar-refractivity contribution in [1.82, 2.24) is 5.32 Å².